The van der Waals surface area contributed by atoms with Gasteiger partial charge in [0.1, 0.15) is 0 Å². The molecular formula is C10H15ClSi2. The Kier molecular flexibility index (Phi) is 3.38. The van der Waals surface area contributed by atoms with Crippen LogP contribution in [0.3, 0.4) is 0 Å². The van der Waals surface area contributed by atoms with E-state index < -0.39 is 8.07 Å². The van der Waals surface area contributed by atoms with E-state index >= 15 is 0 Å². The van der Waals surface area contributed by atoms with Gasteiger partial charge in [0.2, 0.25) is 8.83 Å². The fourth-order valence-corrected chi connectivity index (χ4v) is 4.19. The Morgan fingerprint density at radius 1 is 1.23 bits per heavy atom. The number of aryl methyl sites for hydroxylation is 1. The van der Waals surface area contributed by atoms with Crippen LogP contribution in [-0.2, 0) is 0 Å². The topological polar surface area (TPSA) is 0 Å². The monoisotopic (exact) mass is 226 g/mol. The molecule has 3 heteroatoms. The van der Waals surface area contributed by atoms with Crippen LogP contribution in [-0.4, -0.2) is 16.9 Å². The molecule has 70 valence electrons. The fourth-order valence-electron chi connectivity index (χ4n) is 1.49. The third-order valence-corrected chi connectivity index (χ3v) is 5.49. The predicted octanol–water partition coefficient (Wildman–Crippen LogP) is 2.02. The van der Waals surface area contributed by atoms with Gasteiger partial charge in [-0.25, -0.2) is 0 Å². The summed E-state index contributed by atoms with van der Waals surface area (Å²) in [4.78, 5) is 0. The van der Waals surface area contributed by atoms with Crippen LogP contribution in [0.2, 0.25) is 19.6 Å². The Labute approximate surface area is 88.9 Å². The maximum Gasteiger partial charge on any atom is 0.210 e. The van der Waals surface area contributed by atoms with Crippen LogP contribution in [0.5, 0.6) is 0 Å². The van der Waals surface area contributed by atoms with Gasteiger partial charge >= 0.3 is 0 Å². The molecule has 0 aliphatic carbocycles. The number of halogens is 1. The molecule has 1 aromatic carbocycles. The highest BCUT2D eigenvalue weighted by atomic mass is 35.6. The number of benzene rings is 1. The van der Waals surface area contributed by atoms with Gasteiger partial charge < -0.3 is 0 Å². The Morgan fingerprint density at radius 2 is 1.85 bits per heavy atom. The van der Waals surface area contributed by atoms with E-state index in [0.29, 0.717) is 8.83 Å². The summed E-state index contributed by atoms with van der Waals surface area (Å²) in [7, 11) is -0.783. The van der Waals surface area contributed by atoms with E-state index in [0.717, 1.165) is 0 Å². The first-order valence-corrected chi connectivity index (χ1v) is 9.94. The van der Waals surface area contributed by atoms with Crippen molar-refractivity contribution in [3.8, 4) is 0 Å². The molecule has 1 rings (SSSR count). The van der Waals surface area contributed by atoms with Crippen molar-refractivity contribution < 1.29 is 0 Å². The minimum atomic E-state index is -1.18. The van der Waals surface area contributed by atoms with Crippen molar-refractivity contribution in [2.24, 2.45) is 0 Å². The average Bonchev–Trinajstić information content (AvgIpc) is 2.03. The molecule has 0 fully saturated rings. The molecule has 0 bridgehead atoms. The molecule has 0 saturated carbocycles. The molecule has 2 radical (unpaired) electrons. The summed E-state index contributed by atoms with van der Waals surface area (Å²) in [5.74, 6) is 0. The molecule has 13 heavy (non-hydrogen) atoms. The van der Waals surface area contributed by atoms with Crippen LogP contribution in [0.1, 0.15) is 5.56 Å². The number of hydrogen-bond acceptors (Lipinski definition) is 0. The molecule has 0 nitrogen and oxygen atoms in total. The van der Waals surface area contributed by atoms with E-state index in [1.807, 2.05) is 0 Å². The van der Waals surface area contributed by atoms with Crippen molar-refractivity contribution in [2.75, 3.05) is 0 Å². The molecular weight excluding hydrogens is 212 g/mol. The Bertz CT molecular complexity index is 302. The normalized spacial score (nSPS) is 11.8. The van der Waals surface area contributed by atoms with E-state index in [9.17, 15) is 0 Å². The van der Waals surface area contributed by atoms with Gasteiger partial charge in [0.25, 0.3) is 0 Å². The van der Waals surface area contributed by atoms with Gasteiger partial charge in [0.15, 0.2) is 0 Å². The summed E-state index contributed by atoms with van der Waals surface area (Å²) in [6, 6.07) is 6.61. The van der Waals surface area contributed by atoms with Gasteiger partial charge in [0, 0.05) is 0 Å². The summed E-state index contributed by atoms with van der Waals surface area (Å²) in [6.45, 7) is 9.30. The van der Waals surface area contributed by atoms with Crippen LogP contribution in [0, 0.1) is 6.92 Å². The standard InChI is InChI=1S/C10H15ClSi2/c1-8-5-6-9(12-11)7-10(8)13(2,3)4/h5-7H,1-4H3. The first-order valence-electron chi connectivity index (χ1n) is 4.43. The Morgan fingerprint density at radius 3 is 2.31 bits per heavy atom. The second-order valence-corrected chi connectivity index (χ2v) is 10.7. The lowest BCUT2D eigenvalue weighted by molar-refractivity contribution is 1.50. The Balaban J connectivity index is 3.19. The van der Waals surface area contributed by atoms with Gasteiger partial charge in [0.05, 0.1) is 8.07 Å². The maximum absolute atomic E-state index is 5.84. The van der Waals surface area contributed by atoms with Crippen molar-refractivity contribution in [2.45, 2.75) is 26.6 Å². The van der Waals surface area contributed by atoms with E-state index in [2.05, 4.69) is 44.8 Å². The van der Waals surface area contributed by atoms with E-state index in [4.69, 9.17) is 11.1 Å². The van der Waals surface area contributed by atoms with Gasteiger partial charge in [-0.1, -0.05) is 48.6 Å². The second kappa shape index (κ2) is 3.99. The van der Waals surface area contributed by atoms with Crippen molar-refractivity contribution in [3.05, 3.63) is 23.8 Å². The lowest BCUT2D eigenvalue weighted by atomic mass is 10.2. The Hall–Kier alpha value is -0.0562. The van der Waals surface area contributed by atoms with E-state index in [1.165, 1.54) is 15.9 Å². The highest BCUT2D eigenvalue weighted by molar-refractivity contribution is 7.01. The highest BCUT2D eigenvalue weighted by Gasteiger charge is 2.18. The van der Waals surface area contributed by atoms with Crippen molar-refractivity contribution in [1.29, 1.82) is 0 Å². The largest absolute Gasteiger partial charge is 0.210 e. The molecule has 0 aromatic heterocycles. The van der Waals surface area contributed by atoms with Gasteiger partial charge in [-0.2, -0.15) is 11.1 Å². The fraction of sp³-hybridized carbons (Fsp3) is 0.400. The van der Waals surface area contributed by atoms with Crippen molar-refractivity contribution in [3.63, 3.8) is 0 Å². The molecule has 0 atom stereocenters. The van der Waals surface area contributed by atoms with Crippen molar-refractivity contribution in [1.82, 2.24) is 0 Å². The van der Waals surface area contributed by atoms with Crippen LogP contribution in [0.15, 0.2) is 18.2 Å². The first-order chi connectivity index (χ1) is 5.95. The summed E-state index contributed by atoms with van der Waals surface area (Å²) in [6.07, 6.45) is 0. The minimum absolute atomic E-state index is 0.396. The highest BCUT2D eigenvalue weighted by Crippen LogP contribution is 2.05. The van der Waals surface area contributed by atoms with Crippen LogP contribution < -0.4 is 10.4 Å². The predicted molar refractivity (Wildman–Crippen MR) is 65.4 cm³/mol. The molecule has 0 N–H and O–H groups in total. The maximum atomic E-state index is 5.84. The molecule has 0 amide bonds. The van der Waals surface area contributed by atoms with Gasteiger partial charge in [-0.05, 0) is 12.1 Å². The summed E-state index contributed by atoms with van der Waals surface area (Å²) >= 11 is 5.84. The van der Waals surface area contributed by atoms with Crippen molar-refractivity contribution >= 4 is 38.4 Å². The smallest absolute Gasteiger partial charge is 0.165 e. The summed E-state index contributed by atoms with van der Waals surface area (Å²) in [5.41, 5.74) is 1.41. The zero-order chi connectivity index (χ0) is 10.1. The third-order valence-electron chi connectivity index (χ3n) is 2.15. The van der Waals surface area contributed by atoms with Gasteiger partial charge in [-0.3, -0.25) is 0 Å². The second-order valence-electron chi connectivity index (χ2n) is 4.37. The van der Waals surface area contributed by atoms with E-state index in [1.54, 1.807) is 0 Å². The first kappa shape index (κ1) is 11.0. The molecule has 0 aliphatic heterocycles. The third kappa shape index (κ3) is 2.69. The quantitative estimate of drug-likeness (QED) is 0.535. The average molecular weight is 227 g/mol. The number of rotatable bonds is 2. The zero-order valence-corrected chi connectivity index (χ0v) is 11.4. The minimum Gasteiger partial charge on any atom is -0.165 e. The molecule has 0 heterocycles. The molecule has 0 aliphatic rings. The van der Waals surface area contributed by atoms with E-state index in [-0.39, 0.29) is 0 Å². The molecule has 0 spiro atoms. The lowest BCUT2D eigenvalue weighted by Gasteiger charge is -2.20. The summed E-state index contributed by atoms with van der Waals surface area (Å²) < 4.78 is 0. The SMILES string of the molecule is Cc1ccc([Si]Cl)cc1[Si](C)(C)C. The lowest BCUT2D eigenvalue weighted by Crippen LogP contribution is -2.41. The van der Waals surface area contributed by atoms with Gasteiger partial charge in [-0.15, -0.1) is 0 Å². The van der Waals surface area contributed by atoms with Crippen LogP contribution >= 0.6 is 11.1 Å². The van der Waals surface area contributed by atoms with Crippen LogP contribution in [0.25, 0.3) is 0 Å². The molecule has 0 saturated heterocycles. The van der Waals surface area contributed by atoms with Crippen LogP contribution in [0.4, 0.5) is 0 Å². The summed E-state index contributed by atoms with van der Waals surface area (Å²) in [5, 5.41) is 2.81. The number of hydrogen-bond donors (Lipinski definition) is 0. The molecule has 0 unspecified atom stereocenters. The zero-order valence-electron chi connectivity index (χ0n) is 8.61. The molecule has 1 aromatic rings.